The summed E-state index contributed by atoms with van der Waals surface area (Å²) in [6.07, 6.45) is 1.49. The third-order valence-electron chi connectivity index (χ3n) is 4.98. The van der Waals surface area contributed by atoms with Gasteiger partial charge < -0.3 is 15.4 Å². The molecule has 0 unspecified atom stereocenters. The first-order valence-electron chi connectivity index (χ1n) is 10.2. The van der Waals surface area contributed by atoms with Gasteiger partial charge in [0.1, 0.15) is 17.4 Å². The molecule has 0 heterocycles. The van der Waals surface area contributed by atoms with E-state index >= 15 is 0 Å². The minimum Gasteiger partial charge on any atom is -0.484 e. The predicted octanol–water partition coefficient (Wildman–Crippen LogP) is 6.17. The lowest BCUT2D eigenvalue weighted by molar-refractivity contribution is -0.118. The molecule has 2 N–H and O–H groups in total. The number of ether oxygens (including phenoxy) is 1. The molecule has 6 nitrogen and oxygen atoms in total. The lowest BCUT2D eigenvalue weighted by Gasteiger charge is -2.10. The molecule has 0 aliphatic heterocycles. The fourth-order valence-corrected chi connectivity index (χ4v) is 3.27. The zero-order valence-electron chi connectivity index (χ0n) is 18.5. The van der Waals surface area contributed by atoms with Gasteiger partial charge in [-0.05, 0) is 73.0 Å². The van der Waals surface area contributed by atoms with E-state index in [0.29, 0.717) is 32.7 Å². The van der Waals surface area contributed by atoms with E-state index in [4.69, 9.17) is 27.9 Å². The molecular weight excluding hydrogens is 473 g/mol. The standard InChI is InChI=1S/C26H21Cl2N3O3/c1-16-4-3-5-24(17(16)2)31-26(33)19(14-29)12-18-6-9-21(10-7-18)34-15-25(32)30-20-8-11-22(27)23(28)13-20/h3-13H,15H2,1-2H3,(H,30,32)(H,31,33)/b19-12-. The number of rotatable bonds is 7. The van der Waals surface area contributed by atoms with Gasteiger partial charge in [-0.15, -0.1) is 0 Å². The number of nitriles is 1. The van der Waals surface area contributed by atoms with Crippen LogP contribution < -0.4 is 15.4 Å². The molecule has 0 spiro atoms. The van der Waals surface area contributed by atoms with E-state index in [0.717, 1.165) is 11.1 Å². The third-order valence-corrected chi connectivity index (χ3v) is 5.72. The number of nitrogens with zero attached hydrogens (tertiary/aromatic N) is 1. The predicted molar refractivity (Wildman–Crippen MR) is 135 cm³/mol. The van der Waals surface area contributed by atoms with Crippen molar-refractivity contribution in [1.29, 1.82) is 5.26 Å². The maximum atomic E-state index is 12.6. The zero-order valence-corrected chi connectivity index (χ0v) is 20.0. The molecule has 34 heavy (non-hydrogen) atoms. The quantitative estimate of drug-likeness (QED) is 0.304. The highest BCUT2D eigenvalue weighted by molar-refractivity contribution is 6.42. The van der Waals surface area contributed by atoms with Crippen LogP contribution in [0.4, 0.5) is 11.4 Å². The normalized spacial score (nSPS) is 10.9. The Bertz CT molecular complexity index is 1300. The number of hydrogen-bond donors (Lipinski definition) is 2. The second-order valence-corrected chi connectivity index (χ2v) is 8.22. The van der Waals surface area contributed by atoms with Crippen LogP contribution in [0, 0.1) is 25.2 Å². The van der Waals surface area contributed by atoms with Crippen LogP contribution in [0.3, 0.4) is 0 Å². The lowest BCUT2D eigenvalue weighted by atomic mass is 10.1. The summed E-state index contributed by atoms with van der Waals surface area (Å²) in [6, 6.07) is 19.0. The molecule has 3 aromatic carbocycles. The largest absolute Gasteiger partial charge is 0.484 e. The van der Waals surface area contributed by atoms with Crippen molar-refractivity contribution in [1.82, 2.24) is 0 Å². The molecule has 0 saturated carbocycles. The number of carbonyl (C=O) groups excluding carboxylic acids is 2. The number of hydrogen-bond acceptors (Lipinski definition) is 4. The fraction of sp³-hybridized carbons (Fsp3) is 0.115. The minimum absolute atomic E-state index is 0.0319. The van der Waals surface area contributed by atoms with Gasteiger partial charge in [-0.1, -0.05) is 47.5 Å². The molecule has 2 amide bonds. The Hall–Kier alpha value is -3.79. The van der Waals surface area contributed by atoms with Crippen molar-refractivity contribution in [3.63, 3.8) is 0 Å². The Labute approximate surface area is 207 Å². The van der Waals surface area contributed by atoms with Crippen LogP contribution in [0.2, 0.25) is 10.0 Å². The van der Waals surface area contributed by atoms with Crippen LogP contribution in [-0.2, 0) is 9.59 Å². The van der Waals surface area contributed by atoms with Crippen molar-refractivity contribution >= 4 is 52.5 Å². The van der Waals surface area contributed by atoms with E-state index < -0.39 is 5.91 Å². The average molecular weight is 494 g/mol. The summed E-state index contributed by atoms with van der Waals surface area (Å²) in [7, 11) is 0. The molecule has 172 valence electrons. The molecule has 0 aliphatic carbocycles. The van der Waals surface area contributed by atoms with Crippen molar-refractivity contribution in [2.75, 3.05) is 17.2 Å². The van der Waals surface area contributed by atoms with Crippen molar-refractivity contribution in [3.05, 3.63) is 93.0 Å². The Kier molecular flexibility index (Phi) is 8.31. The highest BCUT2D eigenvalue weighted by atomic mass is 35.5. The van der Waals surface area contributed by atoms with Gasteiger partial charge in [-0.2, -0.15) is 5.26 Å². The van der Waals surface area contributed by atoms with Gasteiger partial charge in [-0.25, -0.2) is 0 Å². The second-order valence-electron chi connectivity index (χ2n) is 7.41. The number of carbonyl (C=O) groups is 2. The molecule has 0 aliphatic rings. The summed E-state index contributed by atoms with van der Waals surface area (Å²) < 4.78 is 5.50. The molecule has 0 aromatic heterocycles. The van der Waals surface area contributed by atoms with Crippen LogP contribution in [0.5, 0.6) is 5.75 Å². The topological polar surface area (TPSA) is 91.2 Å². The van der Waals surface area contributed by atoms with E-state index in [1.54, 1.807) is 48.5 Å². The molecule has 8 heteroatoms. The Morgan fingerprint density at radius 3 is 2.41 bits per heavy atom. The Morgan fingerprint density at radius 2 is 1.74 bits per heavy atom. The minimum atomic E-state index is -0.490. The van der Waals surface area contributed by atoms with Gasteiger partial charge in [0.15, 0.2) is 6.61 Å². The van der Waals surface area contributed by atoms with Gasteiger partial charge in [0.05, 0.1) is 10.0 Å². The van der Waals surface area contributed by atoms with Crippen LogP contribution in [0.15, 0.2) is 66.2 Å². The maximum Gasteiger partial charge on any atom is 0.266 e. The number of aryl methyl sites for hydroxylation is 1. The first kappa shape index (κ1) is 24.8. The van der Waals surface area contributed by atoms with Crippen LogP contribution >= 0.6 is 23.2 Å². The smallest absolute Gasteiger partial charge is 0.266 e. The molecule has 0 atom stereocenters. The monoisotopic (exact) mass is 493 g/mol. The van der Waals surface area contributed by atoms with Gasteiger partial charge in [-0.3, -0.25) is 9.59 Å². The number of amides is 2. The first-order chi connectivity index (χ1) is 16.3. The highest BCUT2D eigenvalue weighted by Crippen LogP contribution is 2.25. The lowest BCUT2D eigenvalue weighted by Crippen LogP contribution is -2.20. The summed E-state index contributed by atoms with van der Waals surface area (Å²) in [5.74, 6) is -0.396. The Morgan fingerprint density at radius 1 is 1.00 bits per heavy atom. The van der Waals surface area contributed by atoms with Crippen LogP contribution in [-0.4, -0.2) is 18.4 Å². The number of halogens is 2. The first-order valence-corrected chi connectivity index (χ1v) is 11.0. The van der Waals surface area contributed by atoms with Gasteiger partial charge in [0.2, 0.25) is 0 Å². The molecule has 0 bridgehead atoms. The van der Waals surface area contributed by atoms with Gasteiger partial charge >= 0.3 is 0 Å². The van der Waals surface area contributed by atoms with Crippen molar-refractivity contribution < 1.29 is 14.3 Å². The fourth-order valence-electron chi connectivity index (χ4n) is 2.97. The number of anilines is 2. The summed E-state index contributed by atoms with van der Waals surface area (Å²) in [4.78, 5) is 24.7. The molecule has 0 saturated heterocycles. The zero-order chi connectivity index (χ0) is 24.7. The number of benzene rings is 3. The van der Waals surface area contributed by atoms with Crippen LogP contribution in [0.25, 0.3) is 6.08 Å². The molecular formula is C26H21Cl2N3O3. The molecule has 0 fully saturated rings. The van der Waals surface area contributed by atoms with E-state index in [9.17, 15) is 14.9 Å². The summed E-state index contributed by atoms with van der Waals surface area (Å²) >= 11 is 11.8. The maximum absolute atomic E-state index is 12.6. The van der Waals surface area contributed by atoms with Crippen molar-refractivity contribution in [2.24, 2.45) is 0 Å². The summed E-state index contributed by atoms with van der Waals surface area (Å²) in [6.45, 7) is 3.65. The second kappa shape index (κ2) is 11.4. The summed E-state index contributed by atoms with van der Waals surface area (Å²) in [5.41, 5.74) is 3.76. The summed E-state index contributed by atoms with van der Waals surface area (Å²) in [5, 5.41) is 15.6. The van der Waals surface area contributed by atoms with Gasteiger partial charge in [0.25, 0.3) is 11.8 Å². The van der Waals surface area contributed by atoms with Crippen LogP contribution in [0.1, 0.15) is 16.7 Å². The van der Waals surface area contributed by atoms with E-state index in [1.165, 1.54) is 6.08 Å². The molecule has 0 radical (unpaired) electrons. The Balaban J connectivity index is 1.59. The van der Waals surface area contributed by atoms with Gasteiger partial charge in [0, 0.05) is 11.4 Å². The molecule has 3 rings (SSSR count). The number of nitrogens with one attached hydrogen (secondary N) is 2. The van der Waals surface area contributed by atoms with Crippen molar-refractivity contribution in [3.8, 4) is 11.8 Å². The van der Waals surface area contributed by atoms with E-state index in [-0.39, 0.29) is 18.1 Å². The highest BCUT2D eigenvalue weighted by Gasteiger charge is 2.12. The third kappa shape index (κ3) is 6.61. The average Bonchev–Trinajstić information content (AvgIpc) is 2.82. The SMILES string of the molecule is Cc1cccc(NC(=O)/C(C#N)=C\c2ccc(OCC(=O)Nc3ccc(Cl)c(Cl)c3)cc2)c1C. The van der Waals surface area contributed by atoms with E-state index in [1.807, 2.05) is 32.0 Å². The van der Waals surface area contributed by atoms with E-state index in [2.05, 4.69) is 10.6 Å². The van der Waals surface area contributed by atoms with Crippen molar-refractivity contribution in [2.45, 2.75) is 13.8 Å². The molecule has 3 aromatic rings.